The molecule has 1 aliphatic carbocycles. The lowest BCUT2D eigenvalue weighted by molar-refractivity contribution is 0.00731. The maximum atomic E-state index is 12.8. The molecule has 0 bridgehead atoms. The molecule has 28 heavy (non-hydrogen) atoms. The van der Waals surface area contributed by atoms with Crippen LogP contribution in [-0.2, 0) is 4.74 Å². The van der Waals surface area contributed by atoms with Crippen molar-refractivity contribution in [3.63, 3.8) is 0 Å². The number of carbonyl (C=O) groups is 1. The number of aromatic hydroxyl groups is 1. The number of rotatable bonds is 3. The molecule has 1 aromatic rings. The van der Waals surface area contributed by atoms with Crippen molar-refractivity contribution in [2.45, 2.75) is 65.6 Å². The minimum atomic E-state index is -0.598. The van der Waals surface area contributed by atoms with E-state index >= 15 is 0 Å². The number of hydrogen-bond donors (Lipinski definition) is 2. The lowest BCUT2D eigenvalue weighted by atomic mass is 9.80. The lowest BCUT2D eigenvalue weighted by Gasteiger charge is -2.33. The molecule has 0 saturated heterocycles. The zero-order valence-electron chi connectivity index (χ0n) is 17.5. The first kappa shape index (κ1) is 22.0. The van der Waals surface area contributed by atoms with Crippen LogP contribution in [0.3, 0.4) is 0 Å². The van der Waals surface area contributed by atoms with E-state index < -0.39 is 18.2 Å². The zero-order valence-corrected chi connectivity index (χ0v) is 17.5. The largest absolute Gasteiger partial charge is 0.504 e. The topological polar surface area (TPSA) is 76.0 Å². The number of carbonyl (C=O) groups excluding carboxylic acids is 1. The number of methoxy groups -OCH3 is 1. The van der Waals surface area contributed by atoms with Gasteiger partial charge >= 0.3 is 5.97 Å². The summed E-state index contributed by atoms with van der Waals surface area (Å²) in [7, 11) is 1.43. The summed E-state index contributed by atoms with van der Waals surface area (Å²) in [4.78, 5) is 12.8. The van der Waals surface area contributed by atoms with Gasteiger partial charge in [-0.15, -0.1) is 0 Å². The Kier molecular flexibility index (Phi) is 7.30. The van der Waals surface area contributed by atoms with E-state index in [-0.39, 0.29) is 16.9 Å². The van der Waals surface area contributed by atoms with Crippen LogP contribution in [0, 0.1) is 5.41 Å². The smallest absolute Gasteiger partial charge is 0.338 e. The van der Waals surface area contributed by atoms with Gasteiger partial charge in [0.2, 0.25) is 0 Å². The zero-order chi connectivity index (χ0) is 20.9. The molecule has 1 aliphatic rings. The highest BCUT2D eigenvalue weighted by Gasteiger charge is 2.32. The van der Waals surface area contributed by atoms with Crippen molar-refractivity contribution in [1.29, 1.82) is 0 Å². The second-order valence-electron chi connectivity index (χ2n) is 8.27. The van der Waals surface area contributed by atoms with Crippen molar-refractivity contribution >= 4 is 5.97 Å². The van der Waals surface area contributed by atoms with Crippen LogP contribution in [0.1, 0.15) is 63.7 Å². The Morgan fingerprint density at radius 3 is 2.64 bits per heavy atom. The summed E-state index contributed by atoms with van der Waals surface area (Å²) >= 11 is 0. The van der Waals surface area contributed by atoms with Gasteiger partial charge in [0.15, 0.2) is 11.5 Å². The molecule has 1 aromatic carbocycles. The summed E-state index contributed by atoms with van der Waals surface area (Å²) in [5.74, 6) is -0.296. The predicted octanol–water partition coefficient (Wildman–Crippen LogP) is 4.78. The maximum absolute atomic E-state index is 12.8. The van der Waals surface area contributed by atoms with E-state index in [9.17, 15) is 15.0 Å². The third-order valence-corrected chi connectivity index (χ3v) is 5.44. The van der Waals surface area contributed by atoms with E-state index in [1.54, 1.807) is 0 Å². The average Bonchev–Trinajstić information content (AvgIpc) is 2.66. The van der Waals surface area contributed by atoms with Crippen LogP contribution in [0.15, 0.2) is 41.5 Å². The molecule has 2 unspecified atom stereocenters. The number of benzene rings is 1. The van der Waals surface area contributed by atoms with E-state index in [4.69, 9.17) is 9.47 Å². The van der Waals surface area contributed by atoms with Gasteiger partial charge in [0, 0.05) is 5.41 Å². The van der Waals surface area contributed by atoms with E-state index in [1.165, 1.54) is 30.9 Å². The summed E-state index contributed by atoms with van der Waals surface area (Å²) in [6, 6.07) is 4.39. The Hall–Kier alpha value is -2.27. The SMILES string of the molecule is COc1cc(C(=O)OC2C=C(C)C(O)CC=C(C)CCCC2(C)C)ccc1O. The van der Waals surface area contributed by atoms with Gasteiger partial charge < -0.3 is 19.7 Å². The Labute approximate surface area is 167 Å². The summed E-state index contributed by atoms with van der Waals surface area (Å²) in [6.07, 6.45) is 6.27. The van der Waals surface area contributed by atoms with Gasteiger partial charge in [-0.3, -0.25) is 0 Å². The fourth-order valence-electron chi connectivity index (χ4n) is 3.32. The molecule has 0 aromatic heterocycles. The van der Waals surface area contributed by atoms with Crippen LogP contribution in [0.5, 0.6) is 11.5 Å². The minimum absolute atomic E-state index is 0.0314. The summed E-state index contributed by atoms with van der Waals surface area (Å²) in [5, 5.41) is 20.2. The summed E-state index contributed by atoms with van der Waals surface area (Å²) in [6.45, 7) is 8.11. The van der Waals surface area contributed by atoms with Crippen LogP contribution in [-0.4, -0.2) is 35.5 Å². The highest BCUT2D eigenvalue weighted by Crippen LogP contribution is 2.34. The van der Waals surface area contributed by atoms with Crippen LogP contribution >= 0.6 is 0 Å². The molecule has 5 heteroatoms. The molecule has 0 fully saturated rings. The first-order valence-electron chi connectivity index (χ1n) is 9.74. The monoisotopic (exact) mass is 388 g/mol. The van der Waals surface area contributed by atoms with Crippen molar-refractivity contribution < 1.29 is 24.5 Å². The molecule has 0 heterocycles. The molecule has 2 rings (SSSR count). The Balaban J connectivity index is 2.30. The Morgan fingerprint density at radius 1 is 1.25 bits per heavy atom. The molecular weight excluding hydrogens is 356 g/mol. The molecule has 2 atom stereocenters. The van der Waals surface area contributed by atoms with Crippen LogP contribution in [0.4, 0.5) is 0 Å². The minimum Gasteiger partial charge on any atom is -0.504 e. The average molecular weight is 389 g/mol. The number of esters is 1. The van der Waals surface area contributed by atoms with Crippen molar-refractivity contribution in [3.05, 3.63) is 47.1 Å². The van der Waals surface area contributed by atoms with Crippen molar-refractivity contribution in [2.24, 2.45) is 5.41 Å². The third-order valence-electron chi connectivity index (χ3n) is 5.44. The van der Waals surface area contributed by atoms with Gasteiger partial charge in [-0.25, -0.2) is 4.79 Å². The van der Waals surface area contributed by atoms with Crippen LogP contribution < -0.4 is 4.74 Å². The lowest BCUT2D eigenvalue weighted by Crippen LogP contribution is -2.33. The van der Waals surface area contributed by atoms with E-state index in [2.05, 4.69) is 26.8 Å². The van der Waals surface area contributed by atoms with Gasteiger partial charge in [0.1, 0.15) is 6.10 Å². The number of hydrogen-bond acceptors (Lipinski definition) is 5. The molecule has 0 radical (unpaired) electrons. The number of phenolic OH excluding ortho intramolecular Hbond substituents is 1. The first-order valence-corrected chi connectivity index (χ1v) is 9.74. The van der Waals surface area contributed by atoms with Crippen molar-refractivity contribution in [2.75, 3.05) is 7.11 Å². The van der Waals surface area contributed by atoms with E-state index in [0.717, 1.165) is 24.8 Å². The molecule has 154 valence electrons. The maximum Gasteiger partial charge on any atom is 0.338 e. The molecule has 0 aliphatic heterocycles. The van der Waals surface area contributed by atoms with Gasteiger partial charge in [-0.1, -0.05) is 25.5 Å². The number of aliphatic hydroxyl groups excluding tert-OH is 1. The summed E-state index contributed by atoms with van der Waals surface area (Å²) in [5.41, 5.74) is 2.08. The molecular formula is C23H32O5. The third kappa shape index (κ3) is 5.61. The normalized spacial score (nSPS) is 23.1. The van der Waals surface area contributed by atoms with Gasteiger partial charge in [-0.05, 0) is 69.4 Å². The van der Waals surface area contributed by atoms with Crippen molar-refractivity contribution in [1.82, 2.24) is 0 Å². The Bertz CT molecular complexity index is 760. The predicted molar refractivity (Wildman–Crippen MR) is 110 cm³/mol. The first-order chi connectivity index (χ1) is 13.1. The van der Waals surface area contributed by atoms with Gasteiger partial charge in [0.25, 0.3) is 0 Å². The molecule has 0 spiro atoms. The van der Waals surface area contributed by atoms with E-state index in [0.29, 0.717) is 12.0 Å². The molecule has 5 nitrogen and oxygen atoms in total. The number of allylic oxidation sites excluding steroid dienone is 1. The summed E-state index contributed by atoms with van der Waals surface area (Å²) < 4.78 is 10.9. The number of phenols is 1. The highest BCUT2D eigenvalue weighted by atomic mass is 16.5. The van der Waals surface area contributed by atoms with Crippen LogP contribution in [0.2, 0.25) is 0 Å². The van der Waals surface area contributed by atoms with Gasteiger partial charge in [-0.2, -0.15) is 0 Å². The van der Waals surface area contributed by atoms with E-state index in [1.807, 2.05) is 13.0 Å². The fraction of sp³-hybridized carbons (Fsp3) is 0.522. The highest BCUT2D eigenvalue weighted by molar-refractivity contribution is 5.90. The number of aliphatic hydroxyl groups is 1. The quantitative estimate of drug-likeness (QED) is 0.576. The fourth-order valence-corrected chi connectivity index (χ4v) is 3.32. The van der Waals surface area contributed by atoms with Crippen LogP contribution in [0.25, 0.3) is 0 Å². The second kappa shape index (κ2) is 9.28. The molecule has 2 N–H and O–H groups in total. The standard InChI is InChI=1S/C23H32O5/c1-15-7-6-12-23(3,4)21(13-16(2)18(24)10-8-15)28-22(26)17-9-11-19(25)20(14-17)27-5/h8-9,11,13-14,18,21,24-25H,6-7,10,12H2,1-5H3. The van der Waals surface area contributed by atoms with Crippen molar-refractivity contribution in [3.8, 4) is 11.5 Å². The Morgan fingerprint density at radius 2 is 1.96 bits per heavy atom. The van der Waals surface area contributed by atoms with Gasteiger partial charge in [0.05, 0.1) is 18.8 Å². The molecule has 0 saturated carbocycles. The second-order valence-corrected chi connectivity index (χ2v) is 8.27. The number of ether oxygens (including phenoxy) is 2. The molecule has 0 amide bonds.